The summed E-state index contributed by atoms with van der Waals surface area (Å²) in [6.07, 6.45) is 6.64. The van der Waals surface area contributed by atoms with Gasteiger partial charge in [-0.05, 0) is 45.4 Å². The molecule has 4 heteroatoms. The van der Waals surface area contributed by atoms with Crippen LogP contribution in [-0.4, -0.2) is 33.4 Å². The van der Waals surface area contributed by atoms with Crippen molar-refractivity contribution >= 4 is 11.3 Å². The number of nitrogens with two attached hydrogens (primary N) is 1. The molecule has 0 bridgehead atoms. The zero-order valence-corrected chi connectivity index (χ0v) is 11.7. The minimum atomic E-state index is 0.537. The number of rotatable bonds is 2. The molecule has 1 aliphatic rings. The molecular formula is C15H22N4. The predicted molar refractivity (Wildman–Crippen MR) is 78.3 cm³/mol. The van der Waals surface area contributed by atoms with Gasteiger partial charge in [0.1, 0.15) is 0 Å². The van der Waals surface area contributed by atoms with E-state index in [1.807, 2.05) is 22.7 Å². The fraction of sp³-hybridized carbons (Fsp3) is 0.533. The van der Waals surface area contributed by atoms with Crippen molar-refractivity contribution in [2.45, 2.75) is 38.6 Å². The summed E-state index contributed by atoms with van der Waals surface area (Å²) in [5, 5.41) is 0. The highest BCUT2D eigenvalue weighted by molar-refractivity contribution is 5.64. The molecule has 1 saturated heterocycles. The van der Waals surface area contributed by atoms with E-state index in [2.05, 4.69) is 24.9 Å². The molecule has 1 fully saturated rings. The molecule has 2 N–H and O–H groups in total. The molecule has 3 rings (SSSR count). The molecule has 0 aliphatic carbocycles. The van der Waals surface area contributed by atoms with Crippen LogP contribution in [0.5, 0.6) is 0 Å². The van der Waals surface area contributed by atoms with Crippen LogP contribution in [0, 0.1) is 0 Å². The highest BCUT2D eigenvalue weighted by Crippen LogP contribution is 2.28. The van der Waals surface area contributed by atoms with Crippen molar-refractivity contribution in [2.75, 3.05) is 18.8 Å². The highest BCUT2D eigenvalue weighted by Gasteiger charge is 2.24. The Morgan fingerprint density at radius 1 is 1.42 bits per heavy atom. The van der Waals surface area contributed by atoms with Gasteiger partial charge < -0.3 is 15.0 Å². The number of piperidine rings is 1. The number of hydrogen-bond acceptors (Lipinski definition) is 3. The van der Waals surface area contributed by atoms with Gasteiger partial charge in [-0.1, -0.05) is 0 Å². The van der Waals surface area contributed by atoms with Crippen molar-refractivity contribution in [1.82, 2.24) is 14.3 Å². The Morgan fingerprint density at radius 3 is 3.00 bits per heavy atom. The monoisotopic (exact) mass is 258 g/mol. The van der Waals surface area contributed by atoms with E-state index in [1.54, 1.807) is 0 Å². The summed E-state index contributed by atoms with van der Waals surface area (Å²) in [5.41, 5.74) is 8.81. The van der Waals surface area contributed by atoms with Crippen LogP contribution in [0.2, 0.25) is 0 Å². The molecular weight excluding hydrogens is 236 g/mol. The molecule has 0 radical (unpaired) electrons. The first-order chi connectivity index (χ1) is 9.15. The second-order valence-corrected chi connectivity index (χ2v) is 5.79. The molecule has 3 heterocycles. The molecule has 0 aromatic carbocycles. The lowest BCUT2D eigenvalue weighted by Gasteiger charge is -2.34. The molecule has 0 spiro atoms. The minimum absolute atomic E-state index is 0.537. The van der Waals surface area contributed by atoms with E-state index >= 15 is 0 Å². The van der Waals surface area contributed by atoms with Crippen molar-refractivity contribution in [3.8, 4) is 0 Å². The van der Waals surface area contributed by atoms with Crippen molar-refractivity contribution in [3.05, 3.63) is 30.2 Å². The van der Waals surface area contributed by atoms with Crippen LogP contribution in [0.1, 0.15) is 38.3 Å². The van der Waals surface area contributed by atoms with Crippen LogP contribution in [-0.2, 0) is 0 Å². The number of pyridine rings is 1. The molecule has 19 heavy (non-hydrogen) atoms. The molecule has 2 aromatic heterocycles. The maximum atomic E-state index is 5.98. The summed E-state index contributed by atoms with van der Waals surface area (Å²) in [6, 6.07) is 4.49. The van der Waals surface area contributed by atoms with Crippen molar-refractivity contribution in [3.63, 3.8) is 0 Å². The van der Waals surface area contributed by atoms with E-state index in [9.17, 15) is 0 Å². The summed E-state index contributed by atoms with van der Waals surface area (Å²) in [7, 11) is 0. The summed E-state index contributed by atoms with van der Waals surface area (Å²) < 4.78 is 2.04. The Morgan fingerprint density at radius 2 is 2.26 bits per heavy atom. The Kier molecular flexibility index (Phi) is 3.19. The van der Waals surface area contributed by atoms with Crippen LogP contribution in [0.3, 0.4) is 0 Å². The fourth-order valence-corrected chi connectivity index (χ4v) is 2.97. The molecule has 4 nitrogen and oxygen atoms in total. The number of imidazole rings is 1. The lowest BCUT2D eigenvalue weighted by molar-refractivity contribution is 0.166. The average Bonchev–Trinajstić information content (AvgIpc) is 2.84. The lowest BCUT2D eigenvalue weighted by atomic mass is 9.94. The minimum Gasteiger partial charge on any atom is -0.396 e. The van der Waals surface area contributed by atoms with Crippen LogP contribution in [0.25, 0.3) is 5.65 Å². The zero-order chi connectivity index (χ0) is 13.4. The topological polar surface area (TPSA) is 46.6 Å². The van der Waals surface area contributed by atoms with E-state index in [1.165, 1.54) is 25.1 Å². The van der Waals surface area contributed by atoms with Gasteiger partial charge in [-0.25, -0.2) is 4.98 Å². The number of nitrogens with zero attached hydrogens (tertiary/aromatic N) is 3. The Bertz CT molecular complexity index is 573. The quantitative estimate of drug-likeness (QED) is 0.900. The third kappa shape index (κ3) is 2.32. The van der Waals surface area contributed by atoms with Gasteiger partial charge in [-0.3, -0.25) is 0 Å². The second-order valence-electron chi connectivity index (χ2n) is 5.79. The first-order valence-electron chi connectivity index (χ1n) is 7.12. The first-order valence-corrected chi connectivity index (χ1v) is 7.12. The smallest absolute Gasteiger partial charge is 0.160 e. The van der Waals surface area contributed by atoms with E-state index in [-0.39, 0.29) is 0 Å². The van der Waals surface area contributed by atoms with Crippen molar-refractivity contribution < 1.29 is 0 Å². The van der Waals surface area contributed by atoms with Gasteiger partial charge in [-0.15, -0.1) is 0 Å². The summed E-state index contributed by atoms with van der Waals surface area (Å²) in [4.78, 5) is 7.28. The number of hydrogen-bond donors (Lipinski definition) is 1. The Hall–Kier alpha value is -1.55. The summed E-state index contributed by atoms with van der Waals surface area (Å²) in [5.74, 6) is 0.537. The van der Waals surface area contributed by atoms with Gasteiger partial charge in [0.05, 0.1) is 11.4 Å². The largest absolute Gasteiger partial charge is 0.396 e. The van der Waals surface area contributed by atoms with Gasteiger partial charge >= 0.3 is 0 Å². The summed E-state index contributed by atoms with van der Waals surface area (Å²) >= 11 is 0. The number of likely N-dealkylation sites (tertiary alicyclic amines) is 1. The zero-order valence-electron chi connectivity index (χ0n) is 11.7. The van der Waals surface area contributed by atoms with E-state index in [0.717, 1.165) is 17.9 Å². The molecule has 1 unspecified atom stereocenters. The molecule has 102 valence electrons. The van der Waals surface area contributed by atoms with Crippen LogP contribution >= 0.6 is 0 Å². The first kappa shape index (κ1) is 12.5. The summed E-state index contributed by atoms with van der Waals surface area (Å²) in [6.45, 7) is 6.86. The van der Waals surface area contributed by atoms with Crippen LogP contribution < -0.4 is 5.73 Å². The number of fused-ring (bicyclic) bond motifs is 1. The molecule has 1 aliphatic heterocycles. The van der Waals surface area contributed by atoms with E-state index in [4.69, 9.17) is 10.7 Å². The molecule has 1 atom stereocenters. The molecule has 2 aromatic rings. The predicted octanol–water partition coefficient (Wildman–Crippen LogP) is 2.50. The van der Waals surface area contributed by atoms with Crippen molar-refractivity contribution in [2.24, 2.45) is 0 Å². The van der Waals surface area contributed by atoms with E-state index in [0.29, 0.717) is 12.0 Å². The third-order valence-electron chi connectivity index (χ3n) is 4.13. The van der Waals surface area contributed by atoms with Gasteiger partial charge in [0.25, 0.3) is 0 Å². The maximum Gasteiger partial charge on any atom is 0.160 e. The van der Waals surface area contributed by atoms with Crippen LogP contribution in [0.4, 0.5) is 5.69 Å². The molecule has 0 amide bonds. The van der Waals surface area contributed by atoms with E-state index < -0.39 is 0 Å². The third-order valence-corrected chi connectivity index (χ3v) is 4.13. The van der Waals surface area contributed by atoms with Gasteiger partial charge in [0, 0.05) is 30.9 Å². The average molecular weight is 258 g/mol. The van der Waals surface area contributed by atoms with Crippen LogP contribution in [0.15, 0.2) is 24.5 Å². The van der Waals surface area contributed by atoms with Gasteiger partial charge in [0.15, 0.2) is 5.65 Å². The standard InChI is InChI=1S/C15H22N4/c1-11(2)18-7-3-5-12(9-18)14-10-19-8-4-6-13(16)15(19)17-14/h4,6,8,10-12H,3,5,7,9,16H2,1-2H3. The number of aromatic nitrogens is 2. The highest BCUT2D eigenvalue weighted by atomic mass is 15.2. The second kappa shape index (κ2) is 4.85. The van der Waals surface area contributed by atoms with Gasteiger partial charge in [0.2, 0.25) is 0 Å². The van der Waals surface area contributed by atoms with Crippen molar-refractivity contribution in [1.29, 1.82) is 0 Å². The SMILES string of the molecule is CC(C)N1CCCC(c2cn3cccc(N)c3n2)C1. The van der Waals surface area contributed by atoms with Gasteiger partial charge in [-0.2, -0.15) is 0 Å². The maximum absolute atomic E-state index is 5.98. The lowest BCUT2D eigenvalue weighted by Crippen LogP contribution is -2.39. The molecule has 0 saturated carbocycles. The Labute approximate surface area is 114 Å². The fourth-order valence-electron chi connectivity index (χ4n) is 2.97. The number of nitrogen functional groups attached to an aromatic ring is 1. The Balaban J connectivity index is 1.89. The number of anilines is 1. The normalized spacial score (nSPS) is 21.3.